The van der Waals surface area contributed by atoms with E-state index in [-0.39, 0.29) is 6.42 Å². The maximum Gasteiger partial charge on any atom is 0.359 e. The summed E-state index contributed by atoms with van der Waals surface area (Å²) < 4.78 is 0. The predicted octanol–water partition coefficient (Wildman–Crippen LogP) is 2.22. The van der Waals surface area contributed by atoms with Gasteiger partial charge in [-0.2, -0.15) is 0 Å². The Balaban J connectivity index is 3.07. The fourth-order valence-electron chi connectivity index (χ4n) is 1.51. The van der Waals surface area contributed by atoms with Crippen LogP contribution in [0.4, 0.5) is 0 Å². The lowest BCUT2D eigenvalue weighted by Crippen LogP contribution is -2.04. The number of hydrogen-bond acceptors (Lipinski definition) is 1. The van der Waals surface area contributed by atoms with Crippen molar-refractivity contribution < 1.29 is 9.90 Å². The minimum absolute atomic E-state index is 0.0180. The minimum atomic E-state index is -1.04. The molecule has 2 nitrogen and oxygen atoms in total. The smallest absolute Gasteiger partial charge is 0.247 e. The highest BCUT2D eigenvalue weighted by atomic mass is 16.4. The SMILES string of the molecule is C=CCc1cccc(C)c1CC([O])=O. The molecule has 0 aliphatic heterocycles. The Labute approximate surface area is 83.9 Å². The maximum atomic E-state index is 10.5. The standard InChI is InChI=1S/C12H13O2/c1-3-5-10-7-4-6-9(2)11(10)8-12(13)14/h3-4,6-7H,1,5,8H2,2H3. The minimum Gasteiger partial charge on any atom is -0.247 e. The lowest BCUT2D eigenvalue weighted by molar-refractivity contribution is -0.142. The molecular formula is C12H13O2. The van der Waals surface area contributed by atoms with E-state index in [1.165, 1.54) is 0 Å². The van der Waals surface area contributed by atoms with Gasteiger partial charge in [0.1, 0.15) is 0 Å². The molecule has 0 fully saturated rings. The van der Waals surface area contributed by atoms with Crippen molar-refractivity contribution in [3.63, 3.8) is 0 Å². The number of aryl methyl sites for hydroxylation is 1. The van der Waals surface area contributed by atoms with Gasteiger partial charge in [0, 0.05) is 0 Å². The number of allylic oxidation sites excluding steroid dienone is 1. The molecule has 0 amide bonds. The number of carbonyl (C=O) groups excluding carboxylic acids is 1. The van der Waals surface area contributed by atoms with Gasteiger partial charge in [0.2, 0.25) is 0 Å². The molecule has 14 heavy (non-hydrogen) atoms. The summed E-state index contributed by atoms with van der Waals surface area (Å²) in [5.74, 6) is -1.04. The zero-order valence-corrected chi connectivity index (χ0v) is 8.25. The van der Waals surface area contributed by atoms with Crippen molar-refractivity contribution in [3.05, 3.63) is 47.5 Å². The van der Waals surface area contributed by atoms with Crippen molar-refractivity contribution in [2.45, 2.75) is 19.8 Å². The summed E-state index contributed by atoms with van der Waals surface area (Å²) in [5.41, 5.74) is 2.87. The molecule has 0 aliphatic rings. The zero-order valence-electron chi connectivity index (χ0n) is 8.25. The number of rotatable bonds is 4. The third-order valence-corrected chi connectivity index (χ3v) is 2.19. The molecule has 0 spiro atoms. The third-order valence-electron chi connectivity index (χ3n) is 2.19. The molecule has 0 N–H and O–H groups in total. The van der Waals surface area contributed by atoms with Crippen molar-refractivity contribution in [1.82, 2.24) is 0 Å². The average Bonchev–Trinajstić information content (AvgIpc) is 2.11. The fraction of sp³-hybridized carbons (Fsp3) is 0.250. The predicted molar refractivity (Wildman–Crippen MR) is 54.5 cm³/mol. The quantitative estimate of drug-likeness (QED) is 0.669. The molecular weight excluding hydrogens is 176 g/mol. The van der Waals surface area contributed by atoms with Gasteiger partial charge in [0.15, 0.2) is 0 Å². The van der Waals surface area contributed by atoms with Crippen LogP contribution in [-0.4, -0.2) is 5.97 Å². The number of hydrogen-bond donors (Lipinski definition) is 0. The van der Waals surface area contributed by atoms with Crippen LogP contribution in [0.25, 0.3) is 0 Å². The van der Waals surface area contributed by atoms with E-state index in [1.54, 1.807) is 6.08 Å². The lowest BCUT2D eigenvalue weighted by Gasteiger charge is -2.08. The Morgan fingerprint density at radius 1 is 1.50 bits per heavy atom. The van der Waals surface area contributed by atoms with E-state index in [2.05, 4.69) is 6.58 Å². The lowest BCUT2D eigenvalue weighted by atomic mass is 9.97. The molecule has 0 aliphatic carbocycles. The van der Waals surface area contributed by atoms with E-state index >= 15 is 0 Å². The monoisotopic (exact) mass is 189 g/mol. The molecule has 0 saturated heterocycles. The van der Waals surface area contributed by atoms with Gasteiger partial charge >= 0.3 is 5.97 Å². The second-order valence-electron chi connectivity index (χ2n) is 3.25. The molecule has 0 unspecified atom stereocenters. The molecule has 1 aromatic carbocycles. The molecule has 0 heterocycles. The Morgan fingerprint density at radius 3 is 2.79 bits per heavy atom. The van der Waals surface area contributed by atoms with Gasteiger partial charge in [-0.3, -0.25) is 0 Å². The Hall–Kier alpha value is -1.57. The summed E-state index contributed by atoms with van der Waals surface area (Å²) in [5, 5.41) is 10.5. The largest absolute Gasteiger partial charge is 0.359 e. The van der Waals surface area contributed by atoms with E-state index in [9.17, 15) is 9.90 Å². The van der Waals surface area contributed by atoms with Crippen LogP contribution in [0.2, 0.25) is 0 Å². The average molecular weight is 189 g/mol. The fourth-order valence-corrected chi connectivity index (χ4v) is 1.51. The van der Waals surface area contributed by atoms with Crippen LogP contribution in [-0.2, 0) is 22.7 Å². The Morgan fingerprint density at radius 2 is 2.21 bits per heavy atom. The van der Waals surface area contributed by atoms with Gasteiger partial charge in [0.25, 0.3) is 0 Å². The van der Waals surface area contributed by atoms with E-state index in [0.717, 1.165) is 16.7 Å². The number of benzene rings is 1. The first-order chi connectivity index (χ1) is 6.65. The molecule has 0 aromatic heterocycles. The molecule has 0 saturated carbocycles. The second kappa shape index (κ2) is 4.61. The van der Waals surface area contributed by atoms with Gasteiger partial charge in [-0.15, -0.1) is 6.58 Å². The first-order valence-corrected chi connectivity index (χ1v) is 4.53. The van der Waals surface area contributed by atoms with Gasteiger partial charge in [-0.1, -0.05) is 24.3 Å². The topological polar surface area (TPSA) is 37.0 Å². The van der Waals surface area contributed by atoms with E-state index in [1.807, 2.05) is 25.1 Å². The molecule has 0 bridgehead atoms. The van der Waals surface area contributed by atoms with Gasteiger partial charge < -0.3 is 0 Å². The Kier molecular flexibility index (Phi) is 3.46. The van der Waals surface area contributed by atoms with Crippen molar-refractivity contribution in [2.75, 3.05) is 0 Å². The van der Waals surface area contributed by atoms with Gasteiger partial charge in [-0.05, 0) is 30.0 Å². The summed E-state index contributed by atoms with van der Waals surface area (Å²) in [7, 11) is 0. The molecule has 0 atom stereocenters. The van der Waals surface area contributed by atoms with Crippen molar-refractivity contribution in [2.24, 2.45) is 0 Å². The summed E-state index contributed by atoms with van der Waals surface area (Å²) in [4.78, 5) is 10.5. The molecule has 1 rings (SSSR count). The van der Waals surface area contributed by atoms with Crippen LogP contribution < -0.4 is 0 Å². The molecule has 2 heteroatoms. The number of carbonyl (C=O) groups is 1. The zero-order chi connectivity index (χ0) is 10.6. The highest BCUT2D eigenvalue weighted by Gasteiger charge is 2.09. The normalized spacial score (nSPS) is 9.79. The maximum absolute atomic E-state index is 10.5. The highest BCUT2D eigenvalue weighted by Crippen LogP contribution is 2.16. The van der Waals surface area contributed by atoms with Crippen LogP contribution in [0, 0.1) is 6.92 Å². The van der Waals surface area contributed by atoms with Gasteiger partial charge in [-0.25, -0.2) is 9.90 Å². The van der Waals surface area contributed by atoms with Crippen molar-refractivity contribution >= 4 is 5.97 Å². The summed E-state index contributed by atoms with van der Waals surface area (Å²) in [6, 6.07) is 5.75. The van der Waals surface area contributed by atoms with E-state index in [0.29, 0.717) is 6.42 Å². The van der Waals surface area contributed by atoms with Gasteiger partial charge in [0.05, 0.1) is 6.42 Å². The van der Waals surface area contributed by atoms with Crippen LogP contribution in [0.3, 0.4) is 0 Å². The summed E-state index contributed by atoms with van der Waals surface area (Å²) in [6.45, 7) is 5.55. The van der Waals surface area contributed by atoms with E-state index in [4.69, 9.17) is 0 Å². The molecule has 73 valence electrons. The van der Waals surface area contributed by atoms with Crippen LogP contribution in [0.1, 0.15) is 16.7 Å². The summed E-state index contributed by atoms with van der Waals surface area (Å²) >= 11 is 0. The molecule has 1 aromatic rings. The Bertz CT molecular complexity index is 353. The van der Waals surface area contributed by atoms with E-state index < -0.39 is 5.97 Å². The van der Waals surface area contributed by atoms with Crippen LogP contribution in [0.15, 0.2) is 30.9 Å². The first kappa shape index (κ1) is 10.5. The van der Waals surface area contributed by atoms with Crippen LogP contribution in [0.5, 0.6) is 0 Å². The second-order valence-corrected chi connectivity index (χ2v) is 3.25. The van der Waals surface area contributed by atoms with Crippen LogP contribution >= 0.6 is 0 Å². The highest BCUT2D eigenvalue weighted by molar-refractivity contribution is 5.71. The first-order valence-electron chi connectivity index (χ1n) is 4.53. The third kappa shape index (κ3) is 2.46. The molecule has 1 radical (unpaired) electrons. The van der Waals surface area contributed by atoms with Crippen molar-refractivity contribution in [3.8, 4) is 0 Å². The van der Waals surface area contributed by atoms with Crippen molar-refractivity contribution in [1.29, 1.82) is 0 Å². The summed E-state index contributed by atoms with van der Waals surface area (Å²) in [6.07, 6.45) is 2.45.